The van der Waals surface area contributed by atoms with Crippen LogP contribution in [0.25, 0.3) is 0 Å². The minimum Gasteiger partial charge on any atom is -0.457 e. The zero-order chi connectivity index (χ0) is 12.3. The molecule has 2 aromatic carbocycles. The lowest BCUT2D eigenvalue weighted by Crippen LogP contribution is -1.86. The van der Waals surface area contributed by atoms with Gasteiger partial charge in [0.2, 0.25) is 0 Å². The average Bonchev–Trinajstić information content (AvgIpc) is 2.34. The van der Waals surface area contributed by atoms with E-state index in [1.807, 2.05) is 24.3 Å². The topological polar surface area (TPSA) is 33.0 Å². The van der Waals surface area contributed by atoms with E-state index in [0.717, 1.165) is 4.90 Å². The first kappa shape index (κ1) is 11.9. The van der Waals surface area contributed by atoms with Gasteiger partial charge in [0.05, 0.1) is 5.56 Å². The lowest BCUT2D eigenvalue weighted by atomic mass is 10.2. The summed E-state index contributed by atoms with van der Waals surface area (Å²) in [5.74, 6) is 1.32. The van der Waals surface area contributed by atoms with Crippen molar-refractivity contribution in [1.29, 1.82) is 5.26 Å². The Morgan fingerprint density at radius 3 is 2.24 bits per heavy atom. The van der Waals surface area contributed by atoms with Crippen LogP contribution in [0.1, 0.15) is 5.56 Å². The summed E-state index contributed by atoms with van der Waals surface area (Å²) in [6.07, 6.45) is 0. The Labute approximate surface area is 111 Å². The largest absolute Gasteiger partial charge is 0.457 e. The van der Waals surface area contributed by atoms with Gasteiger partial charge in [0.25, 0.3) is 0 Å². The summed E-state index contributed by atoms with van der Waals surface area (Å²) in [5, 5.41) is 8.88. The molecule has 0 saturated carbocycles. The predicted octanol–water partition coefficient (Wildman–Crippen LogP) is 3.93. The van der Waals surface area contributed by atoms with Crippen molar-refractivity contribution < 1.29 is 4.74 Å². The molecule has 0 N–H and O–H groups in total. The van der Waals surface area contributed by atoms with Gasteiger partial charge in [-0.3, -0.25) is 0 Å². The van der Waals surface area contributed by atoms with E-state index in [2.05, 4.69) is 31.3 Å². The minimum absolute atomic E-state index is 0.497. The van der Waals surface area contributed by atoms with E-state index in [9.17, 15) is 0 Å². The maximum Gasteiger partial charge on any atom is 0.128 e. The third kappa shape index (κ3) is 2.96. The lowest BCUT2D eigenvalue weighted by molar-refractivity contribution is 0.481. The summed E-state index contributed by atoms with van der Waals surface area (Å²) in [6.45, 7) is 0. The third-order valence-corrected chi connectivity index (χ3v) is 2.85. The maximum absolute atomic E-state index is 8.88. The second-order valence-corrected chi connectivity index (χ2v) is 4.38. The van der Waals surface area contributed by atoms with Gasteiger partial charge in [-0.1, -0.05) is 0 Å². The second kappa shape index (κ2) is 5.17. The molecule has 84 valence electrons. The number of nitriles is 1. The zero-order valence-electron chi connectivity index (χ0n) is 8.79. The van der Waals surface area contributed by atoms with Crippen LogP contribution >= 0.6 is 25.3 Å². The average molecular weight is 259 g/mol. The number of nitrogens with zero attached hydrogens (tertiary/aromatic N) is 1. The van der Waals surface area contributed by atoms with Gasteiger partial charge in [-0.2, -0.15) is 5.26 Å². The van der Waals surface area contributed by atoms with Gasteiger partial charge < -0.3 is 4.74 Å². The van der Waals surface area contributed by atoms with Crippen molar-refractivity contribution in [2.45, 2.75) is 9.79 Å². The first-order chi connectivity index (χ1) is 8.19. The molecule has 2 nitrogen and oxygen atoms in total. The number of ether oxygens (including phenoxy) is 1. The molecule has 0 bridgehead atoms. The molecular weight excluding hydrogens is 250 g/mol. The molecule has 0 aliphatic carbocycles. The van der Waals surface area contributed by atoms with Crippen LogP contribution in [0.5, 0.6) is 11.5 Å². The summed E-state index contributed by atoms with van der Waals surface area (Å²) in [7, 11) is 0. The van der Waals surface area contributed by atoms with Crippen LogP contribution < -0.4 is 4.74 Å². The van der Waals surface area contributed by atoms with Gasteiger partial charge in [-0.05, 0) is 42.5 Å². The minimum atomic E-state index is 0.497. The summed E-state index contributed by atoms with van der Waals surface area (Å²) in [6, 6.07) is 14.6. The first-order valence-electron chi connectivity index (χ1n) is 4.89. The lowest BCUT2D eigenvalue weighted by Gasteiger charge is -2.06. The fourth-order valence-electron chi connectivity index (χ4n) is 1.32. The van der Waals surface area contributed by atoms with Crippen molar-refractivity contribution in [3.63, 3.8) is 0 Å². The standard InChI is InChI=1S/C13H9NOS2/c14-8-9-7-11(3-6-13(9)17)15-10-1-4-12(16)5-2-10/h1-7,16-17H. The predicted molar refractivity (Wildman–Crippen MR) is 72.2 cm³/mol. The highest BCUT2D eigenvalue weighted by molar-refractivity contribution is 7.80. The van der Waals surface area contributed by atoms with Crippen molar-refractivity contribution in [3.8, 4) is 17.6 Å². The SMILES string of the molecule is N#Cc1cc(Oc2ccc(S)cc2)ccc1S. The van der Waals surface area contributed by atoms with Crippen molar-refractivity contribution in [1.82, 2.24) is 0 Å². The van der Waals surface area contributed by atoms with Crippen LogP contribution in [-0.4, -0.2) is 0 Å². The van der Waals surface area contributed by atoms with E-state index < -0.39 is 0 Å². The number of thiol groups is 2. The van der Waals surface area contributed by atoms with E-state index in [0.29, 0.717) is 22.0 Å². The van der Waals surface area contributed by atoms with Crippen LogP contribution in [0.3, 0.4) is 0 Å². The van der Waals surface area contributed by atoms with Crippen molar-refractivity contribution >= 4 is 25.3 Å². The quantitative estimate of drug-likeness (QED) is 0.801. The number of hydrogen-bond acceptors (Lipinski definition) is 4. The van der Waals surface area contributed by atoms with Gasteiger partial charge in [-0.25, -0.2) is 0 Å². The first-order valence-corrected chi connectivity index (χ1v) is 5.78. The maximum atomic E-state index is 8.88. The summed E-state index contributed by atoms with van der Waals surface area (Å²) >= 11 is 8.37. The van der Waals surface area contributed by atoms with Gasteiger partial charge in [0.1, 0.15) is 17.6 Å². The highest BCUT2D eigenvalue weighted by Crippen LogP contribution is 2.25. The Hall–Kier alpha value is -1.57. The molecule has 0 radical (unpaired) electrons. The van der Waals surface area contributed by atoms with Gasteiger partial charge >= 0.3 is 0 Å². The van der Waals surface area contributed by atoms with E-state index >= 15 is 0 Å². The summed E-state index contributed by atoms with van der Waals surface area (Å²) in [4.78, 5) is 1.52. The molecule has 0 aliphatic rings. The molecule has 0 spiro atoms. The van der Waals surface area contributed by atoms with E-state index in [4.69, 9.17) is 10.00 Å². The Morgan fingerprint density at radius 1 is 0.941 bits per heavy atom. The highest BCUT2D eigenvalue weighted by Gasteiger charge is 2.02. The van der Waals surface area contributed by atoms with Gasteiger partial charge in [0, 0.05) is 9.79 Å². The third-order valence-electron chi connectivity index (χ3n) is 2.16. The van der Waals surface area contributed by atoms with Crippen molar-refractivity contribution in [3.05, 3.63) is 48.0 Å². The molecular formula is C13H9NOS2. The van der Waals surface area contributed by atoms with Gasteiger partial charge in [0.15, 0.2) is 0 Å². The second-order valence-electron chi connectivity index (χ2n) is 3.39. The Morgan fingerprint density at radius 2 is 1.59 bits per heavy atom. The molecule has 0 unspecified atom stereocenters. The molecule has 0 aromatic heterocycles. The summed E-state index contributed by atoms with van der Waals surface area (Å²) in [5.41, 5.74) is 0.497. The molecule has 0 atom stereocenters. The number of rotatable bonds is 2. The van der Waals surface area contributed by atoms with Crippen LogP contribution in [0.2, 0.25) is 0 Å². The Kier molecular flexibility index (Phi) is 3.62. The molecule has 0 aliphatic heterocycles. The summed E-state index contributed by atoms with van der Waals surface area (Å²) < 4.78 is 5.61. The van der Waals surface area contributed by atoms with Crippen LogP contribution in [0, 0.1) is 11.3 Å². The van der Waals surface area contributed by atoms with Crippen molar-refractivity contribution in [2.75, 3.05) is 0 Å². The molecule has 0 saturated heterocycles. The van der Waals surface area contributed by atoms with Crippen LogP contribution in [0.15, 0.2) is 52.3 Å². The van der Waals surface area contributed by atoms with Crippen LogP contribution in [-0.2, 0) is 0 Å². The molecule has 0 heterocycles. The van der Waals surface area contributed by atoms with E-state index in [-0.39, 0.29) is 0 Å². The number of benzene rings is 2. The van der Waals surface area contributed by atoms with E-state index in [1.54, 1.807) is 18.2 Å². The Bertz CT molecular complexity index is 573. The normalized spacial score (nSPS) is 9.71. The molecule has 2 rings (SSSR count). The molecule has 0 amide bonds. The fraction of sp³-hybridized carbons (Fsp3) is 0. The monoisotopic (exact) mass is 259 g/mol. The van der Waals surface area contributed by atoms with Crippen LogP contribution in [0.4, 0.5) is 0 Å². The smallest absolute Gasteiger partial charge is 0.128 e. The molecule has 4 heteroatoms. The van der Waals surface area contributed by atoms with Gasteiger partial charge in [-0.15, -0.1) is 25.3 Å². The zero-order valence-corrected chi connectivity index (χ0v) is 10.6. The number of hydrogen-bond donors (Lipinski definition) is 2. The molecule has 17 heavy (non-hydrogen) atoms. The Balaban J connectivity index is 2.25. The van der Waals surface area contributed by atoms with Crippen molar-refractivity contribution in [2.24, 2.45) is 0 Å². The fourth-order valence-corrected chi connectivity index (χ4v) is 1.66. The molecule has 2 aromatic rings. The van der Waals surface area contributed by atoms with E-state index in [1.165, 1.54) is 0 Å². The molecule has 0 fully saturated rings. The highest BCUT2D eigenvalue weighted by atomic mass is 32.1.